The number of benzene rings is 2. The van der Waals surface area contributed by atoms with Crippen molar-refractivity contribution in [1.82, 2.24) is 0 Å². The van der Waals surface area contributed by atoms with Crippen LogP contribution in [0.15, 0.2) is 54.6 Å². The minimum absolute atomic E-state index is 0.284. The molecule has 1 unspecified atom stereocenters. The number of rotatable bonds is 5. The van der Waals surface area contributed by atoms with Gasteiger partial charge in [0.1, 0.15) is 0 Å². The topological polar surface area (TPSA) is 26.3 Å². The van der Waals surface area contributed by atoms with Crippen LogP contribution in [0.3, 0.4) is 0 Å². The fourth-order valence-electron chi connectivity index (χ4n) is 1.95. The third-order valence-corrected chi connectivity index (χ3v) is 4.39. The largest absolute Gasteiger partial charge is 0.465 e. The first-order valence-electron chi connectivity index (χ1n) is 6.54. The summed E-state index contributed by atoms with van der Waals surface area (Å²) in [6.07, 6.45) is 0. The lowest BCUT2D eigenvalue weighted by molar-refractivity contribution is 0.0600. The molecule has 0 aliphatic carbocycles. The second-order valence-electron chi connectivity index (χ2n) is 4.56. The van der Waals surface area contributed by atoms with E-state index in [2.05, 4.69) is 31.2 Å². The Bertz CT molecular complexity index is 566. The van der Waals surface area contributed by atoms with Gasteiger partial charge >= 0.3 is 5.97 Å². The van der Waals surface area contributed by atoms with Gasteiger partial charge in [-0.3, -0.25) is 0 Å². The van der Waals surface area contributed by atoms with Crippen LogP contribution in [0.5, 0.6) is 0 Å². The van der Waals surface area contributed by atoms with Crippen LogP contribution in [0.1, 0.15) is 33.7 Å². The molecule has 0 saturated carbocycles. The highest BCUT2D eigenvalue weighted by atomic mass is 32.2. The minimum Gasteiger partial charge on any atom is -0.465 e. The van der Waals surface area contributed by atoms with E-state index in [4.69, 9.17) is 4.74 Å². The summed E-state index contributed by atoms with van der Waals surface area (Å²) in [4.78, 5) is 11.5. The molecule has 0 aromatic heterocycles. The molecular weight excluding hydrogens is 268 g/mol. The molecule has 0 aliphatic rings. The maximum atomic E-state index is 11.5. The second-order valence-corrected chi connectivity index (χ2v) is 5.88. The van der Waals surface area contributed by atoms with Gasteiger partial charge in [0.2, 0.25) is 0 Å². The van der Waals surface area contributed by atoms with Crippen LogP contribution in [0.25, 0.3) is 0 Å². The van der Waals surface area contributed by atoms with E-state index < -0.39 is 0 Å². The average Bonchev–Trinajstić information content (AvgIpc) is 2.53. The number of hydrogen-bond acceptors (Lipinski definition) is 3. The molecule has 0 fully saturated rings. The summed E-state index contributed by atoms with van der Waals surface area (Å²) in [5, 5.41) is 0.429. The Morgan fingerprint density at radius 2 is 1.90 bits per heavy atom. The van der Waals surface area contributed by atoms with Gasteiger partial charge in [0, 0.05) is 11.0 Å². The molecule has 2 aromatic carbocycles. The first-order chi connectivity index (χ1) is 9.70. The van der Waals surface area contributed by atoms with E-state index in [9.17, 15) is 4.79 Å². The van der Waals surface area contributed by atoms with Crippen LogP contribution in [-0.4, -0.2) is 13.1 Å². The standard InChI is InChI=1S/C17H18O2S/c1-13(15-8-4-3-5-9-15)20-12-14-7-6-10-16(11-14)17(18)19-2/h3-11,13H,12H2,1-2H3. The number of thioether (sulfide) groups is 1. The monoisotopic (exact) mass is 286 g/mol. The molecule has 0 spiro atoms. The molecule has 2 rings (SSSR count). The molecule has 104 valence electrons. The molecule has 0 heterocycles. The van der Waals surface area contributed by atoms with Gasteiger partial charge in [-0.05, 0) is 30.2 Å². The van der Waals surface area contributed by atoms with Gasteiger partial charge in [-0.15, -0.1) is 11.8 Å². The number of carbonyl (C=O) groups excluding carboxylic acids is 1. The Morgan fingerprint density at radius 1 is 1.15 bits per heavy atom. The zero-order chi connectivity index (χ0) is 14.4. The maximum Gasteiger partial charge on any atom is 0.337 e. The summed E-state index contributed by atoms with van der Waals surface area (Å²) >= 11 is 1.86. The Hall–Kier alpha value is -1.74. The lowest BCUT2D eigenvalue weighted by Gasteiger charge is -2.12. The maximum absolute atomic E-state index is 11.5. The van der Waals surface area contributed by atoms with Crippen molar-refractivity contribution in [2.75, 3.05) is 7.11 Å². The van der Waals surface area contributed by atoms with Gasteiger partial charge in [0.05, 0.1) is 12.7 Å². The highest BCUT2D eigenvalue weighted by molar-refractivity contribution is 7.98. The number of ether oxygens (including phenoxy) is 1. The molecule has 2 aromatic rings. The summed E-state index contributed by atoms with van der Waals surface area (Å²) in [5.41, 5.74) is 3.07. The van der Waals surface area contributed by atoms with E-state index in [-0.39, 0.29) is 5.97 Å². The number of esters is 1. The van der Waals surface area contributed by atoms with Crippen LogP contribution >= 0.6 is 11.8 Å². The van der Waals surface area contributed by atoms with Crippen molar-refractivity contribution in [3.05, 3.63) is 71.3 Å². The van der Waals surface area contributed by atoms with E-state index in [0.29, 0.717) is 10.8 Å². The zero-order valence-electron chi connectivity index (χ0n) is 11.7. The Balaban J connectivity index is 1.99. The predicted octanol–water partition coefficient (Wildman–Crippen LogP) is 4.47. The Morgan fingerprint density at radius 3 is 2.60 bits per heavy atom. The summed E-state index contributed by atoms with van der Waals surface area (Å²) in [7, 11) is 1.40. The third-order valence-electron chi connectivity index (χ3n) is 3.12. The molecule has 2 nitrogen and oxygen atoms in total. The zero-order valence-corrected chi connectivity index (χ0v) is 12.5. The molecule has 0 radical (unpaired) electrons. The molecule has 0 bridgehead atoms. The Labute approximate surface area is 124 Å². The van der Waals surface area contributed by atoms with Crippen molar-refractivity contribution in [2.24, 2.45) is 0 Å². The van der Waals surface area contributed by atoms with E-state index in [1.807, 2.05) is 36.0 Å². The van der Waals surface area contributed by atoms with Crippen LogP contribution in [0.4, 0.5) is 0 Å². The minimum atomic E-state index is -0.284. The van der Waals surface area contributed by atoms with Crippen molar-refractivity contribution in [2.45, 2.75) is 17.9 Å². The third kappa shape index (κ3) is 3.87. The highest BCUT2D eigenvalue weighted by Crippen LogP contribution is 2.30. The van der Waals surface area contributed by atoms with E-state index in [1.54, 1.807) is 6.07 Å². The molecule has 0 saturated heterocycles. The fourth-order valence-corrected chi connectivity index (χ4v) is 2.92. The molecule has 0 aliphatic heterocycles. The van der Waals surface area contributed by atoms with Crippen molar-refractivity contribution in [1.29, 1.82) is 0 Å². The molecule has 0 N–H and O–H groups in total. The summed E-state index contributed by atoms with van der Waals surface area (Å²) in [5.74, 6) is 0.592. The normalized spacial score (nSPS) is 11.9. The van der Waals surface area contributed by atoms with Crippen molar-refractivity contribution in [3.8, 4) is 0 Å². The average molecular weight is 286 g/mol. The lowest BCUT2D eigenvalue weighted by atomic mass is 10.1. The van der Waals surface area contributed by atoms with E-state index in [0.717, 1.165) is 11.3 Å². The molecular formula is C17H18O2S. The van der Waals surface area contributed by atoms with Crippen molar-refractivity contribution >= 4 is 17.7 Å². The summed E-state index contributed by atoms with van der Waals surface area (Å²) in [6, 6.07) is 18.0. The van der Waals surface area contributed by atoms with Gasteiger partial charge in [0.15, 0.2) is 0 Å². The number of hydrogen-bond donors (Lipinski definition) is 0. The predicted molar refractivity (Wildman–Crippen MR) is 83.9 cm³/mol. The first-order valence-corrected chi connectivity index (χ1v) is 7.59. The molecule has 0 amide bonds. The summed E-state index contributed by atoms with van der Waals surface area (Å²) < 4.78 is 4.74. The van der Waals surface area contributed by atoms with Crippen LogP contribution < -0.4 is 0 Å². The SMILES string of the molecule is COC(=O)c1cccc(CSC(C)c2ccccc2)c1. The van der Waals surface area contributed by atoms with E-state index in [1.165, 1.54) is 12.7 Å². The van der Waals surface area contributed by atoms with Crippen LogP contribution in [0, 0.1) is 0 Å². The smallest absolute Gasteiger partial charge is 0.337 e. The quantitative estimate of drug-likeness (QED) is 0.759. The van der Waals surface area contributed by atoms with Gasteiger partial charge in [-0.2, -0.15) is 0 Å². The molecule has 1 atom stereocenters. The van der Waals surface area contributed by atoms with Gasteiger partial charge in [-0.25, -0.2) is 4.79 Å². The van der Waals surface area contributed by atoms with Crippen LogP contribution in [0.2, 0.25) is 0 Å². The first kappa shape index (κ1) is 14.7. The molecule has 20 heavy (non-hydrogen) atoms. The van der Waals surface area contributed by atoms with Gasteiger partial charge in [-0.1, -0.05) is 42.5 Å². The number of carbonyl (C=O) groups is 1. The van der Waals surface area contributed by atoms with Crippen LogP contribution in [-0.2, 0) is 10.5 Å². The van der Waals surface area contributed by atoms with Crippen molar-refractivity contribution < 1.29 is 9.53 Å². The number of methoxy groups -OCH3 is 1. The lowest BCUT2D eigenvalue weighted by Crippen LogP contribution is -2.01. The van der Waals surface area contributed by atoms with E-state index >= 15 is 0 Å². The summed E-state index contributed by atoms with van der Waals surface area (Å²) in [6.45, 7) is 2.20. The van der Waals surface area contributed by atoms with Gasteiger partial charge in [0.25, 0.3) is 0 Å². The fraction of sp³-hybridized carbons (Fsp3) is 0.235. The van der Waals surface area contributed by atoms with Crippen molar-refractivity contribution in [3.63, 3.8) is 0 Å². The Kier molecular flexibility index (Phi) is 5.24. The second kappa shape index (κ2) is 7.15. The highest BCUT2D eigenvalue weighted by Gasteiger charge is 2.08. The van der Waals surface area contributed by atoms with Gasteiger partial charge < -0.3 is 4.74 Å². The molecule has 3 heteroatoms.